The van der Waals surface area contributed by atoms with Gasteiger partial charge in [-0.2, -0.15) is 0 Å². The van der Waals surface area contributed by atoms with Gasteiger partial charge in [0.25, 0.3) is 5.91 Å². The first-order chi connectivity index (χ1) is 12.0. The van der Waals surface area contributed by atoms with Gasteiger partial charge >= 0.3 is 0 Å². The Hall–Kier alpha value is -2.12. The van der Waals surface area contributed by atoms with Gasteiger partial charge in [-0.25, -0.2) is 0 Å². The van der Waals surface area contributed by atoms with Crippen molar-refractivity contribution in [2.24, 2.45) is 5.73 Å². The molecule has 5 nitrogen and oxygen atoms in total. The van der Waals surface area contributed by atoms with Crippen molar-refractivity contribution in [3.8, 4) is 0 Å². The second-order valence-electron chi connectivity index (χ2n) is 5.59. The maximum absolute atomic E-state index is 12.9. The molecule has 3 rings (SSSR count). The maximum Gasteiger partial charge on any atom is 0.265 e. The van der Waals surface area contributed by atoms with Gasteiger partial charge < -0.3 is 15.2 Å². The summed E-state index contributed by atoms with van der Waals surface area (Å²) in [7, 11) is 0. The lowest BCUT2D eigenvalue weighted by molar-refractivity contribution is -0.119. The van der Waals surface area contributed by atoms with E-state index in [1.54, 1.807) is 15.5 Å². The average Bonchev–Trinajstić information content (AvgIpc) is 3.18. The van der Waals surface area contributed by atoms with Crippen molar-refractivity contribution in [1.82, 2.24) is 4.57 Å². The highest BCUT2D eigenvalue weighted by molar-refractivity contribution is 9.08. The Kier molecular flexibility index (Phi) is 5.24. The number of rotatable bonds is 6. The number of thiophene rings is 1. The van der Waals surface area contributed by atoms with E-state index in [1.807, 2.05) is 42.6 Å². The van der Waals surface area contributed by atoms with Crippen LogP contribution in [0.25, 0.3) is 10.2 Å². The molecule has 0 atom stereocenters. The van der Waals surface area contributed by atoms with Gasteiger partial charge in [-0.05, 0) is 42.1 Å². The molecule has 2 amide bonds. The quantitative estimate of drug-likeness (QED) is 0.618. The van der Waals surface area contributed by atoms with Crippen LogP contribution in [0.15, 0.2) is 41.8 Å². The third kappa shape index (κ3) is 3.48. The summed E-state index contributed by atoms with van der Waals surface area (Å²) >= 11 is 4.96. The summed E-state index contributed by atoms with van der Waals surface area (Å²) in [5.41, 5.74) is 8.65. The first kappa shape index (κ1) is 17.7. The van der Waals surface area contributed by atoms with E-state index >= 15 is 0 Å². The molecule has 25 heavy (non-hydrogen) atoms. The number of nitrogens with zero attached hydrogens (tertiary/aromatic N) is 2. The Morgan fingerprint density at radius 1 is 1.28 bits per heavy atom. The molecular weight excluding hydrogens is 402 g/mol. The van der Waals surface area contributed by atoms with E-state index in [1.165, 1.54) is 11.3 Å². The van der Waals surface area contributed by atoms with Crippen LogP contribution in [0.4, 0.5) is 5.69 Å². The molecule has 0 aliphatic rings. The van der Waals surface area contributed by atoms with Crippen molar-refractivity contribution in [1.29, 1.82) is 0 Å². The summed E-state index contributed by atoms with van der Waals surface area (Å²) in [6.45, 7) is 2.55. The van der Waals surface area contributed by atoms with Crippen molar-refractivity contribution in [3.63, 3.8) is 0 Å². The number of carbonyl (C=O) groups is 2. The minimum atomic E-state index is -0.527. The highest BCUT2D eigenvalue weighted by atomic mass is 79.9. The number of halogens is 1. The molecule has 0 spiro atoms. The third-order valence-corrected chi connectivity index (χ3v) is 5.56. The number of aromatic nitrogens is 1. The number of nitrogens with two attached hydrogens (primary N) is 1. The second-order valence-corrected chi connectivity index (χ2v) is 7.10. The fourth-order valence-electron chi connectivity index (χ4n) is 2.88. The molecule has 0 aliphatic heterocycles. The second kappa shape index (κ2) is 7.41. The number of fused-ring (bicyclic) bond motifs is 1. The van der Waals surface area contributed by atoms with Gasteiger partial charge in [-0.3, -0.25) is 9.59 Å². The van der Waals surface area contributed by atoms with Crippen molar-refractivity contribution < 1.29 is 9.59 Å². The lowest BCUT2D eigenvalue weighted by Gasteiger charge is -2.22. The molecule has 0 aliphatic carbocycles. The van der Waals surface area contributed by atoms with Crippen LogP contribution in [0.1, 0.15) is 23.0 Å². The number of carbonyl (C=O) groups excluding carboxylic acids is 2. The van der Waals surface area contributed by atoms with Crippen LogP contribution < -0.4 is 10.6 Å². The number of hydrogen-bond acceptors (Lipinski definition) is 3. The average molecular weight is 420 g/mol. The lowest BCUT2D eigenvalue weighted by Crippen LogP contribution is -2.34. The van der Waals surface area contributed by atoms with Gasteiger partial charge in [0.05, 0.1) is 10.2 Å². The van der Waals surface area contributed by atoms with Gasteiger partial charge in [0.2, 0.25) is 5.91 Å². The van der Waals surface area contributed by atoms with E-state index in [4.69, 9.17) is 5.73 Å². The number of benzene rings is 1. The zero-order valence-corrected chi connectivity index (χ0v) is 16.1. The lowest BCUT2D eigenvalue weighted by atomic mass is 10.2. The zero-order chi connectivity index (χ0) is 18.0. The van der Waals surface area contributed by atoms with E-state index < -0.39 is 5.91 Å². The zero-order valence-electron chi connectivity index (χ0n) is 13.7. The molecular formula is C18H18BrN3O2S. The van der Waals surface area contributed by atoms with E-state index in [0.717, 1.165) is 26.8 Å². The summed E-state index contributed by atoms with van der Waals surface area (Å²) < 4.78 is 2.65. The normalized spacial score (nSPS) is 11.0. The molecule has 130 valence electrons. The molecule has 3 aromatic rings. The van der Waals surface area contributed by atoms with Gasteiger partial charge in [0, 0.05) is 17.6 Å². The molecule has 2 N–H and O–H groups in total. The molecule has 0 fully saturated rings. The smallest absolute Gasteiger partial charge is 0.265 e. The van der Waals surface area contributed by atoms with E-state index in [2.05, 4.69) is 15.9 Å². The fourth-order valence-corrected chi connectivity index (χ4v) is 4.05. The van der Waals surface area contributed by atoms with Crippen LogP contribution in [-0.2, 0) is 16.7 Å². The first-order valence-electron chi connectivity index (χ1n) is 7.87. The summed E-state index contributed by atoms with van der Waals surface area (Å²) in [5, 5.41) is 2.67. The minimum Gasteiger partial charge on any atom is -0.364 e. The number of hydrogen-bond donors (Lipinski definition) is 1. The van der Waals surface area contributed by atoms with Gasteiger partial charge in [-0.15, -0.1) is 11.3 Å². The number of amides is 2. The SMILES string of the molecule is CCN(C(=O)Cn1c(C(N)=O)cc2sccc21)c1cccc(CBr)c1. The van der Waals surface area contributed by atoms with Crippen LogP contribution in [0.5, 0.6) is 0 Å². The molecule has 0 saturated heterocycles. The number of alkyl halides is 1. The molecule has 0 radical (unpaired) electrons. The molecule has 1 aromatic carbocycles. The van der Waals surface area contributed by atoms with Crippen LogP contribution >= 0.6 is 27.3 Å². The molecule has 0 bridgehead atoms. The Morgan fingerprint density at radius 2 is 2.08 bits per heavy atom. The standard InChI is InChI=1S/C18H18BrN3O2S/c1-2-21(13-5-3-4-12(8-13)10-19)17(23)11-22-14-6-7-25-16(14)9-15(22)18(20)24/h3-9H,2,10-11H2,1H3,(H2,20,24). The predicted octanol–water partition coefficient (Wildman–Crippen LogP) is 3.75. The van der Waals surface area contributed by atoms with Gasteiger partial charge in [-0.1, -0.05) is 28.1 Å². The monoisotopic (exact) mass is 419 g/mol. The Bertz CT molecular complexity index is 931. The van der Waals surface area contributed by atoms with Crippen molar-refractivity contribution in [2.45, 2.75) is 18.8 Å². The molecule has 2 aromatic heterocycles. The Balaban J connectivity index is 1.93. The summed E-state index contributed by atoms with van der Waals surface area (Å²) in [6.07, 6.45) is 0. The summed E-state index contributed by atoms with van der Waals surface area (Å²) in [4.78, 5) is 26.4. The van der Waals surface area contributed by atoms with Gasteiger partial charge in [0.1, 0.15) is 12.2 Å². The van der Waals surface area contributed by atoms with Crippen LogP contribution in [0, 0.1) is 0 Å². The van der Waals surface area contributed by atoms with Crippen molar-refractivity contribution in [3.05, 3.63) is 53.0 Å². The van der Waals surface area contributed by atoms with E-state index in [-0.39, 0.29) is 12.5 Å². The van der Waals surface area contributed by atoms with E-state index in [0.29, 0.717) is 12.2 Å². The van der Waals surface area contributed by atoms with Crippen LogP contribution in [-0.4, -0.2) is 22.9 Å². The highest BCUT2D eigenvalue weighted by Crippen LogP contribution is 2.26. The first-order valence-corrected chi connectivity index (χ1v) is 9.87. The molecule has 0 unspecified atom stereocenters. The van der Waals surface area contributed by atoms with Crippen molar-refractivity contribution in [2.75, 3.05) is 11.4 Å². The minimum absolute atomic E-state index is 0.0743. The fraction of sp³-hybridized carbons (Fsp3) is 0.222. The molecule has 0 saturated carbocycles. The predicted molar refractivity (Wildman–Crippen MR) is 105 cm³/mol. The van der Waals surface area contributed by atoms with Crippen molar-refractivity contribution >= 4 is 55.0 Å². The summed E-state index contributed by atoms with van der Waals surface area (Å²) in [6, 6.07) is 11.5. The Morgan fingerprint density at radius 3 is 2.76 bits per heavy atom. The highest BCUT2D eigenvalue weighted by Gasteiger charge is 2.20. The molecule has 2 heterocycles. The number of likely N-dealkylation sites (N-methyl/N-ethyl adjacent to an activating group) is 1. The topological polar surface area (TPSA) is 68.3 Å². The van der Waals surface area contributed by atoms with Crippen LogP contribution in [0.2, 0.25) is 0 Å². The molecule has 7 heteroatoms. The van der Waals surface area contributed by atoms with E-state index in [9.17, 15) is 9.59 Å². The number of anilines is 1. The largest absolute Gasteiger partial charge is 0.364 e. The summed E-state index contributed by atoms with van der Waals surface area (Å²) in [5.74, 6) is -0.610. The van der Waals surface area contributed by atoms with Gasteiger partial charge in [0.15, 0.2) is 0 Å². The van der Waals surface area contributed by atoms with Crippen LogP contribution in [0.3, 0.4) is 0 Å². The Labute approximate surface area is 158 Å². The third-order valence-electron chi connectivity index (χ3n) is 4.06. The maximum atomic E-state index is 12.9. The number of primary amides is 1.